The van der Waals surface area contributed by atoms with E-state index in [-0.39, 0.29) is 11.4 Å². The van der Waals surface area contributed by atoms with E-state index >= 15 is 0 Å². The second kappa shape index (κ2) is 9.06. The van der Waals surface area contributed by atoms with Gasteiger partial charge in [0.05, 0.1) is 12.0 Å². The molecule has 0 radical (unpaired) electrons. The molecule has 2 heterocycles. The summed E-state index contributed by atoms with van der Waals surface area (Å²) in [6, 6.07) is 19.3. The molecule has 35 heavy (non-hydrogen) atoms. The minimum Gasteiger partial charge on any atom is -0.497 e. The number of hydrogen-bond acceptors (Lipinski definition) is 6. The highest BCUT2D eigenvalue weighted by Crippen LogP contribution is 2.38. The molecule has 1 aliphatic heterocycles. The Balaban J connectivity index is 1.45. The van der Waals surface area contributed by atoms with Crippen molar-refractivity contribution in [1.29, 1.82) is 0 Å². The number of nitrogens with one attached hydrogen (secondary N) is 2. The van der Waals surface area contributed by atoms with E-state index < -0.39 is 22.0 Å². The van der Waals surface area contributed by atoms with Crippen LogP contribution in [0.5, 0.6) is 17.2 Å². The minimum absolute atomic E-state index is 0.00915. The Morgan fingerprint density at radius 2 is 1.63 bits per heavy atom. The number of rotatable bonds is 6. The molecule has 0 bridgehead atoms. The third kappa shape index (κ3) is 4.12. The van der Waals surface area contributed by atoms with Crippen LogP contribution in [0.4, 0.5) is 0 Å². The van der Waals surface area contributed by atoms with Gasteiger partial charge in [-0.25, -0.2) is 13.9 Å². The lowest BCUT2D eigenvalue weighted by Crippen LogP contribution is -2.46. The van der Waals surface area contributed by atoms with Crippen molar-refractivity contribution in [2.75, 3.05) is 13.7 Å². The first-order valence-electron chi connectivity index (χ1n) is 10.9. The first-order valence-corrected chi connectivity index (χ1v) is 12.3. The van der Waals surface area contributed by atoms with Crippen LogP contribution in [0.15, 0.2) is 77.7 Å². The zero-order valence-electron chi connectivity index (χ0n) is 18.8. The molecule has 4 aromatic rings. The molecule has 3 aromatic carbocycles. The number of sulfonamides is 1. The summed E-state index contributed by atoms with van der Waals surface area (Å²) < 4.78 is 39.2. The van der Waals surface area contributed by atoms with Crippen molar-refractivity contribution in [2.45, 2.75) is 17.4 Å². The zero-order chi connectivity index (χ0) is 24.6. The first-order chi connectivity index (χ1) is 16.9. The van der Waals surface area contributed by atoms with Crippen molar-refractivity contribution < 1.29 is 27.9 Å². The molecule has 180 valence electrons. The third-order valence-electron chi connectivity index (χ3n) is 6.07. The smallest absolute Gasteiger partial charge is 0.267 e. The predicted molar refractivity (Wildman–Crippen MR) is 128 cm³/mol. The molecule has 5 rings (SSSR count). The summed E-state index contributed by atoms with van der Waals surface area (Å²) in [6.07, 6.45) is 0.423. The van der Waals surface area contributed by atoms with Gasteiger partial charge in [0.2, 0.25) is 10.0 Å². The Kier molecular flexibility index (Phi) is 5.93. The Morgan fingerprint density at radius 1 is 1.00 bits per heavy atom. The van der Waals surface area contributed by atoms with Gasteiger partial charge in [-0.1, -0.05) is 18.2 Å². The van der Waals surface area contributed by atoms with Crippen LogP contribution in [-0.4, -0.2) is 42.5 Å². The lowest BCUT2D eigenvalue weighted by Gasteiger charge is -2.33. The average Bonchev–Trinajstić information content (AvgIpc) is 3.27. The number of para-hydroxylation sites is 1. The Labute approximate surface area is 201 Å². The van der Waals surface area contributed by atoms with E-state index in [0.717, 1.165) is 20.8 Å². The van der Waals surface area contributed by atoms with Gasteiger partial charge < -0.3 is 14.5 Å². The molecule has 1 aromatic heterocycles. The second-order valence-corrected chi connectivity index (χ2v) is 9.95. The maximum absolute atomic E-state index is 13.6. The summed E-state index contributed by atoms with van der Waals surface area (Å²) in [6.45, 7) is 0.0827. The van der Waals surface area contributed by atoms with Crippen LogP contribution in [0, 0.1) is 0 Å². The number of ether oxygens (including phenoxy) is 2. The summed E-state index contributed by atoms with van der Waals surface area (Å²) in [5.41, 5.74) is 3.74. The molecule has 1 aliphatic rings. The Hall–Kier alpha value is -3.86. The molecule has 0 aliphatic carbocycles. The molecule has 0 saturated carbocycles. The number of amides is 1. The third-order valence-corrected chi connectivity index (χ3v) is 7.95. The Morgan fingerprint density at radius 3 is 2.29 bits per heavy atom. The summed E-state index contributed by atoms with van der Waals surface area (Å²) in [5, 5.41) is 10.3. The normalized spacial score (nSPS) is 16.0. The highest BCUT2D eigenvalue weighted by molar-refractivity contribution is 7.89. The molecule has 3 N–H and O–H groups in total. The first kappa shape index (κ1) is 22.9. The van der Waals surface area contributed by atoms with Crippen LogP contribution >= 0.6 is 0 Å². The number of carbonyl (C=O) groups excluding carboxylic acids is 1. The fourth-order valence-corrected chi connectivity index (χ4v) is 5.96. The Bertz CT molecular complexity index is 1480. The highest BCUT2D eigenvalue weighted by atomic mass is 32.2. The average molecular weight is 494 g/mol. The van der Waals surface area contributed by atoms with Crippen molar-refractivity contribution in [1.82, 2.24) is 14.8 Å². The zero-order valence-corrected chi connectivity index (χ0v) is 19.6. The van der Waals surface area contributed by atoms with Gasteiger partial charge in [-0.2, -0.15) is 4.31 Å². The molecule has 1 atom stereocenters. The number of aromatic amines is 1. The largest absolute Gasteiger partial charge is 0.497 e. The van der Waals surface area contributed by atoms with Gasteiger partial charge in [0.15, 0.2) is 0 Å². The monoisotopic (exact) mass is 493 g/mol. The molecule has 9 nitrogen and oxygen atoms in total. The number of H-pyrrole nitrogens is 1. The molecule has 1 amide bonds. The topological polar surface area (TPSA) is 121 Å². The van der Waals surface area contributed by atoms with Crippen molar-refractivity contribution >= 4 is 26.8 Å². The van der Waals surface area contributed by atoms with Crippen LogP contribution < -0.4 is 15.0 Å². The number of carbonyl (C=O) groups is 1. The predicted octanol–water partition coefficient (Wildman–Crippen LogP) is 3.76. The van der Waals surface area contributed by atoms with Crippen molar-refractivity contribution in [3.05, 3.63) is 84.1 Å². The van der Waals surface area contributed by atoms with Crippen LogP contribution in [0.1, 0.15) is 17.3 Å². The van der Waals surface area contributed by atoms with Crippen LogP contribution in [0.25, 0.3) is 10.9 Å². The quantitative estimate of drug-likeness (QED) is 0.278. The maximum Gasteiger partial charge on any atom is 0.267 e. The van der Waals surface area contributed by atoms with Gasteiger partial charge in [0, 0.05) is 23.1 Å². The molecule has 10 heteroatoms. The van der Waals surface area contributed by atoms with Crippen molar-refractivity contribution in [2.24, 2.45) is 0 Å². The van der Waals surface area contributed by atoms with Crippen molar-refractivity contribution in [3.8, 4) is 17.2 Å². The number of fused-ring (bicyclic) bond motifs is 3. The number of nitrogens with zero attached hydrogens (tertiary/aromatic N) is 1. The summed E-state index contributed by atoms with van der Waals surface area (Å²) >= 11 is 0. The maximum atomic E-state index is 13.6. The van der Waals surface area contributed by atoms with E-state index in [4.69, 9.17) is 9.47 Å². The molecule has 0 saturated heterocycles. The fourth-order valence-electron chi connectivity index (χ4n) is 4.40. The van der Waals surface area contributed by atoms with E-state index in [9.17, 15) is 18.4 Å². The van der Waals surface area contributed by atoms with E-state index in [2.05, 4.69) is 4.98 Å². The van der Waals surface area contributed by atoms with Gasteiger partial charge in [-0.05, 0) is 66.6 Å². The number of aromatic nitrogens is 1. The summed E-state index contributed by atoms with van der Waals surface area (Å²) in [4.78, 5) is 15.9. The summed E-state index contributed by atoms with van der Waals surface area (Å²) in [5.74, 6) is 0.888. The van der Waals surface area contributed by atoms with Crippen LogP contribution in [-0.2, 0) is 21.2 Å². The molecule has 1 unspecified atom stereocenters. The molecular formula is C25H23N3O6S. The highest BCUT2D eigenvalue weighted by Gasteiger charge is 2.42. The second-order valence-electron chi connectivity index (χ2n) is 8.06. The summed E-state index contributed by atoms with van der Waals surface area (Å²) in [7, 11) is -2.50. The number of hydrogen-bond donors (Lipinski definition) is 3. The van der Waals surface area contributed by atoms with Gasteiger partial charge in [0.1, 0.15) is 23.3 Å². The van der Waals surface area contributed by atoms with E-state index in [1.165, 1.54) is 12.1 Å². The number of methoxy groups -OCH3 is 1. The lowest BCUT2D eigenvalue weighted by molar-refractivity contribution is -0.133. The lowest BCUT2D eigenvalue weighted by atomic mass is 9.99. The number of hydroxylamine groups is 1. The van der Waals surface area contributed by atoms with Gasteiger partial charge in [0.25, 0.3) is 5.91 Å². The molecule has 0 fully saturated rings. The number of benzene rings is 3. The molecular weight excluding hydrogens is 470 g/mol. The van der Waals surface area contributed by atoms with Crippen LogP contribution in [0.3, 0.4) is 0 Å². The SMILES string of the molecule is COc1ccc(Oc2ccc(S(=O)(=O)N3CCc4c([nH]c5ccccc45)C3C(=O)NO)cc2)cc1. The van der Waals surface area contributed by atoms with E-state index in [1.807, 2.05) is 24.3 Å². The van der Waals surface area contributed by atoms with Gasteiger partial charge >= 0.3 is 0 Å². The van der Waals surface area contributed by atoms with Gasteiger partial charge in [-0.3, -0.25) is 10.0 Å². The molecule has 0 spiro atoms. The standard InChI is InChI=1S/C25H23N3O6S/c1-33-16-6-8-17(9-7-16)34-18-10-12-19(13-11-18)35(31,32)28-15-14-21-20-4-2-3-5-22(20)26-23(21)24(28)25(29)27-30/h2-13,24,26,30H,14-15H2,1H3,(H,27,29). The van der Waals surface area contributed by atoms with Crippen molar-refractivity contribution in [3.63, 3.8) is 0 Å². The van der Waals surface area contributed by atoms with E-state index in [0.29, 0.717) is 29.4 Å². The van der Waals surface area contributed by atoms with Gasteiger partial charge in [-0.15, -0.1) is 0 Å². The van der Waals surface area contributed by atoms with Crippen LogP contribution in [0.2, 0.25) is 0 Å². The fraction of sp³-hybridized carbons (Fsp3) is 0.160. The minimum atomic E-state index is -4.08. The van der Waals surface area contributed by atoms with E-state index in [1.54, 1.807) is 49.0 Å².